The van der Waals surface area contributed by atoms with E-state index in [0.717, 1.165) is 5.56 Å². The molecule has 0 spiro atoms. The van der Waals surface area contributed by atoms with Crippen LogP contribution in [0.15, 0.2) is 30.3 Å². The maximum absolute atomic E-state index is 12.4. The second-order valence-electron chi connectivity index (χ2n) is 4.75. The average Bonchev–Trinajstić information content (AvgIpc) is 2.59. The molecule has 0 radical (unpaired) electrons. The van der Waals surface area contributed by atoms with Gasteiger partial charge in [0.15, 0.2) is 0 Å². The number of benzene rings is 1. The molecule has 1 saturated heterocycles. The Morgan fingerprint density at radius 1 is 1.30 bits per heavy atom. The van der Waals surface area contributed by atoms with E-state index in [1.165, 1.54) is 0 Å². The lowest BCUT2D eigenvalue weighted by Gasteiger charge is -2.22. The highest BCUT2D eigenvalue weighted by molar-refractivity contribution is 5.90. The van der Waals surface area contributed by atoms with Crippen molar-refractivity contribution in [3.05, 3.63) is 35.9 Å². The average molecular weight is 270 g/mol. The Bertz CT molecular complexity index is 543. The number of nitrogens with zero attached hydrogens (tertiary/aromatic N) is 1. The summed E-state index contributed by atoms with van der Waals surface area (Å²) < 4.78 is 0. The molecule has 1 aromatic rings. The number of amides is 2. The molecule has 0 aromatic heterocycles. The Morgan fingerprint density at radius 2 is 2.05 bits per heavy atom. The summed E-state index contributed by atoms with van der Waals surface area (Å²) in [7, 11) is 0. The van der Waals surface area contributed by atoms with Gasteiger partial charge in [-0.3, -0.25) is 9.59 Å². The van der Waals surface area contributed by atoms with E-state index in [1.807, 2.05) is 30.3 Å². The van der Waals surface area contributed by atoms with E-state index in [1.54, 1.807) is 11.8 Å². The Kier molecular flexibility index (Phi) is 4.78. The van der Waals surface area contributed by atoms with Crippen molar-refractivity contribution in [2.24, 2.45) is 0 Å². The molecule has 4 heteroatoms. The van der Waals surface area contributed by atoms with Crippen LogP contribution in [0, 0.1) is 11.8 Å². The zero-order valence-corrected chi connectivity index (χ0v) is 11.6. The van der Waals surface area contributed by atoms with E-state index < -0.39 is 6.04 Å². The Balaban J connectivity index is 2.13. The summed E-state index contributed by atoms with van der Waals surface area (Å²) in [5.74, 6) is 5.54. The molecule has 1 aliphatic heterocycles. The highest BCUT2D eigenvalue weighted by atomic mass is 16.2. The standard InChI is InChI=1S/C16H18N2O2/c1-2-3-10-18-11-9-15(19)17-14(16(18)20)12-13-7-5-4-6-8-13/h4-8,14H,9-12H2,1H3,(H,17,19). The van der Waals surface area contributed by atoms with Crippen molar-refractivity contribution in [2.75, 3.05) is 13.1 Å². The molecule has 0 aliphatic carbocycles. The van der Waals surface area contributed by atoms with Crippen LogP contribution in [0.4, 0.5) is 0 Å². The van der Waals surface area contributed by atoms with Crippen LogP contribution in [-0.2, 0) is 16.0 Å². The van der Waals surface area contributed by atoms with Gasteiger partial charge in [0, 0.05) is 19.4 Å². The first-order valence-corrected chi connectivity index (χ1v) is 6.72. The molecule has 4 nitrogen and oxygen atoms in total. The number of hydrogen-bond acceptors (Lipinski definition) is 2. The first kappa shape index (κ1) is 14.1. The SMILES string of the molecule is CC#CCN1CCC(=O)NC(Cc2ccccc2)C1=O. The summed E-state index contributed by atoms with van der Waals surface area (Å²) in [6, 6.07) is 9.21. The van der Waals surface area contributed by atoms with Crippen LogP contribution in [0.5, 0.6) is 0 Å². The van der Waals surface area contributed by atoms with Crippen LogP contribution in [0.1, 0.15) is 18.9 Å². The fourth-order valence-electron chi connectivity index (χ4n) is 2.21. The lowest BCUT2D eigenvalue weighted by atomic mass is 10.1. The van der Waals surface area contributed by atoms with Crippen LogP contribution >= 0.6 is 0 Å². The molecular formula is C16H18N2O2. The Hall–Kier alpha value is -2.28. The summed E-state index contributed by atoms with van der Waals surface area (Å²) in [5.41, 5.74) is 1.04. The molecule has 1 aliphatic rings. The molecule has 1 aromatic carbocycles. The lowest BCUT2D eigenvalue weighted by Crippen LogP contribution is -2.46. The van der Waals surface area contributed by atoms with Crippen LogP contribution in [0.3, 0.4) is 0 Å². The smallest absolute Gasteiger partial charge is 0.246 e. The topological polar surface area (TPSA) is 49.4 Å². The van der Waals surface area contributed by atoms with Gasteiger partial charge in [0.05, 0.1) is 6.54 Å². The summed E-state index contributed by atoms with van der Waals surface area (Å²) in [5, 5.41) is 2.81. The van der Waals surface area contributed by atoms with Gasteiger partial charge in [0.25, 0.3) is 0 Å². The fraction of sp³-hybridized carbons (Fsp3) is 0.375. The van der Waals surface area contributed by atoms with Gasteiger partial charge in [-0.1, -0.05) is 36.3 Å². The van der Waals surface area contributed by atoms with E-state index in [9.17, 15) is 9.59 Å². The van der Waals surface area contributed by atoms with Gasteiger partial charge >= 0.3 is 0 Å². The predicted octanol–water partition coefficient (Wildman–Crippen LogP) is 0.969. The van der Waals surface area contributed by atoms with Crippen molar-refractivity contribution in [3.63, 3.8) is 0 Å². The minimum absolute atomic E-state index is 0.0533. The van der Waals surface area contributed by atoms with E-state index in [-0.39, 0.29) is 11.8 Å². The van der Waals surface area contributed by atoms with Crippen molar-refractivity contribution in [1.82, 2.24) is 10.2 Å². The first-order valence-electron chi connectivity index (χ1n) is 6.72. The molecule has 20 heavy (non-hydrogen) atoms. The third kappa shape index (κ3) is 3.61. The largest absolute Gasteiger partial charge is 0.344 e. The minimum atomic E-state index is -0.494. The molecule has 1 N–H and O–H groups in total. The molecule has 1 heterocycles. The van der Waals surface area contributed by atoms with Gasteiger partial charge < -0.3 is 10.2 Å². The second-order valence-corrected chi connectivity index (χ2v) is 4.75. The van der Waals surface area contributed by atoms with Crippen LogP contribution in [-0.4, -0.2) is 35.8 Å². The van der Waals surface area contributed by atoms with Crippen molar-refractivity contribution in [3.8, 4) is 11.8 Å². The van der Waals surface area contributed by atoms with Crippen molar-refractivity contribution in [1.29, 1.82) is 0 Å². The maximum Gasteiger partial charge on any atom is 0.246 e. The van der Waals surface area contributed by atoms with Crippen molar-refractivity contribution < 1.29 is 9.59 Å². The molecule has 104 valence electrons. The van der Waals surface area contributed by atoms with Crippen LogP contribution in [0.25, 0.3) is 0 Å². The number of carbonyl (C=O) groups excluding carboxylic acids is 2. The molecule has 0 bridgehead atoms. The quantitative estimate of drug-likeness (QED) is 0.832. The minimum Gasteiger partial charge on any atom is -0.344 e. The van der Waals surface area contributed by atoms with Crippen LogP contribution in [0.2, 0.25) is 0 Å². The number of carbonyl (C=O) groups is 2. The third-order valence-electron chi connectivity index (χ3n) is 3.28. The van der Waals surface area contributed by atoms with Gasteiger partial charge in [-0.05, 0) is 12.5 Å². The molecule has 2 amide bonds. The zero-order valence-electron chi connectivity index (χ0n) is 11.6. The molecule has 1 fully saturated rings. The highest BCUT2D eigenvalue weighted by Gasteiger charge is 2.29. The lowest BCUT2D eigenvalue weighted by molar-refractivity contribution is -0.132. The third-order valence-corrected chi connectivity index (χ3v) is 3.28. The zero-order chi connectivity index (χ0) is 14.4. The predicted molar refractivity (Wildman–Crippen MR) is 76.7 cm³/mol. The summed E-state index contributed by atoms with van der Waals surface area (Å²) in [4.78, 5) is 25.8. The normalized spacial score (nSPS) is 18.9. The molecular weight excluding hydrogens is 252 g/mol. The van der Waals surface area contributed by atoms with Gasteiger partial charge in [-0.15, -0.1) is 5.92 Å². The summed E-state index contributed by atoms with van der Waals surface area (Å²) >= 11 is 0. The van der Waals surface area contributed by atoms with E-state index >= 15 is 0 Å². The maximum atomic E-state index is 12.4. The van der Waals surface area contributed by atoms with Crippen molar-refractivity contribution in [2.45, 2.75) is 25.8 Å². The van der Waals surface area contributed by atoms with Gasteiger partial charge in [-0.25, -0.2) is 0 Å². The van der Waals surface area contributed by atoms with Gasteiger partial charge in [0.1, 0.15) is 6.04 Å². The number of hydrogen-bond donors (Lipinski definition) is 1. The molecule has 0 saturated carbocycles. The van der Waals surface area contributed by atoms with E-state index in [0.29, 0.717) is 25.9 Å². The summed E-state index contributed by atoms with van der Waals surface area (Å²) in [6.07, 6.45) is 0.851. The van der Waals surface area contributed by atoms with Gasteiger partial charge in [0.2, 0.25) is 11.8 Å². The van der Waals surface area contributed by atoms with E-state index in [2.05, 4.69) is 17.2 Å². The molecule has 1 atom stereocenters. The van der Waals surface area contributed by atoms with Gasteiger partial charge in [-0.2, -0.15) is 0 Å². The number of nitrogens with one attached hydrogen (secondary N) is 1. The monoisotopic (exact) mass is 270 g/mol. The number of rotatable bonds is 3. The molecule has 2 rings (SSSR count). The molecule has 1 unspecified atom stereocenters. The fourth-order valence-corrected chi connectivity index (χ4v) is 2.21. The van der Waals surface area contributed by atoms with E-state index in [4.69, 9.17) is 0 Å². The Morgan fingerprint density at radius 3 is 2.75 bits per heavy atom. The second kappa shape index (κ2) is 6.76. The summed E-state index contributed by atoms with van der Waals surface area (Å²) in [6.45, 7) is 2.56. The highest BCUT2D eigenvalue weighted by Crippen LogP contribution is 2.09. The first-order chi connectivity index (χ1) is 9.70. The van der Waals surface area contributed by atoms with Crippen molar-refractivity contribution >= 4 is 11.8 Å². The Labute approximate surface area is 119 Å². The van der Waals surface area contributed by atoms with Crippen LogP contribution < -0.4 is 5.32 Å².